The highest BCUT2D eigenvalue weighted by Crippen LogP contribution is 2.58. The lowest BCUT2D eigenvalue weighted by molar-refractivity contribution is -0.0852. The molecule has 0 bridgehead atoms. The maximum absolute atomic E-state index is 3.34. The first kappa shape index (κ1) is 16.0. The van der Waals surface area contributed by atoms with Gasteiger partial charge in [-0.25, -0.2) is 0 Å². The van der Waals surface area contributed by atoms with Crippen molar-refractivity contribution >= 4 is 0 Å². The monoisotopic (exact) mass is 227 g/mol. The number of hydrogen-bond donors (Lipinski definition) is 1. The van der Waals surface area contributed by atoms with Gasteiger partial charge in [0.25, 0.3) is 0 Å². The average Bonchev–Trinajstić information content (AvgIpc) is 2.01. The normalized spacial score (nSPS) is 15.4. The second-order valence-electron chi connectivity index (χ2n) is 7.91. The van der Waals surface area contributed by atoms with Gasteiger partial charge in [-0.2, -0.15) is 0 Å². The van der Waals surface area contributed by atoms with Gasteiger partial charge in [0, 0.05) is 6.54 Å². The lowest BCUT2D eigenvalue weighted by Crippen LogP contribution is -2.53. The van der Waals surface area contributed by atoms with Crippen molar-refractivity contribution in [2.45, 2.75) is 62.3 Å². The van der Waals surface area contributed by atoms with E-state index in [1.165, 1.54) is 0 Å². The summed E-state index contributed by atoms with van der Waals surface area (Å²) in [4.78, 5) is 0. The van der Waals surface area contributed by atoms with Crippen LogP contribution in [0.15, 0.2) is 0 Å². The first-order valence-electron chi connectivity index (χ1n) is 6.46. The fraction of sp³-hybridized carbons (Fsp3) is 1.00. The molecule has 0 amide bonds. The van der Waals surface area contributed by atoms with Gasteiger partial charge in [0.2, 0.25) is 0 Å². The van der Waals surface area contributed by atoms with E-state index in [1.54, 1.807) is 0 Å². The Kier molecular flexibility index (Phi) is 4.32. The molecule has 0 atom stereocenters. The van der Waals surface area contributed by atoms with Gasteiger partial charge in [0.05, 0.1) is 0 Å². The summed E-state index contributed by atoms with van der Waals surface area (Å²) >= 11 is 0. The number of nitrogens with one attached hydrogen (secondary N) is 1. The largest absolute Gasteiger partial charge is 0.319 e. The Morgan fingerprint density at radius 2 is 1.06 bits per heavy atom. The van der Waals surface area contributed by atoms with Gasteiger partial charge in [0.15, 0.2) is 0 Å². The Morgan fingerprint density at radius 1 is 0.688 bits per heavy atom. The SMILES string of the molecule is CNCC(C)(C)C(C)(C)C(C)(C)C(C)(C)C. The Hall–Kier alpha value is -0.0400. The van der Waals surface area contributed by atoms with E-state index < -0.39 is 0 Å². The van der Waals surface area contributed by atoms with E-state index in [2.05, 4.69) is 67.6 Å². The van der Waals surface area contributed by atoms with Crippen LogP contribution in [0.2, 0.25) is 0 Å². The van der Waals surface area contributed by atoms with Crippen LogP contribution in [0.5, 0.6) is 0 Å². The minimum Gasteiger partial charge on any atom is -0.319 e. The highest BCUT2D eigenvalue weighted by atomic mass is 14.8. The predicted octanol–water partition coefficient (Wildman–Crippen LogP) is 4.33. The molecule has 0 heterocycles. The molecule has 0 aliphatic carbocycles. The van der Waals surface area contributed by atoms with E-state index in [0.29, 0.717) is 5.41 Å². The molecule has 1 nitrogen and oxygen atoms in total. The molecule has 0 aliphatic heterocycles. The highest BCUT2D eigenvalue weighted by molar-refractivity contribution is 5.01. The van der Waals surface area contributed by atoms with E-state index in [4.69, 9.17) is 0 Å². The van der Waals surface area contributed by atoms with Gasteiger partial charge in [0.1, 0.15) is 0 Å². The van der Waals surface area contributed by atoms with Crippen molar-refractivity contribution < 1.29 is 0 Å². The van der Waals surface area contributed by atoms with Crippen molar-refractivity contribution in [3.05, 3.63) is 0 Å². The Labute approximate surface area is 103 Å². The van der Waals surface area contributed by atoms with E-state index in [0.717, 1.165) is 6.54 Å². The van der Waals surface area contributed by atoms with Crippen molar-refractivity contribution in [3.8, 4) is 0 Å². The van der Waals surface area contributed by atoms with Crippen molar-refractivity contribution in [2.24, 2.45) is 21.7 Å². The van der Waals surface area contributed by atoms with Crippen LogP contribution in [0.25, 0.3) is 0 Å². The molecule has 0 saturated carbocycles. The minimum absolute atomic E-state index is 0.265. The maximum Gasteiger partial charge on any atom is 0.000483 e. The smallest absolute Gasteiger partial charge is 0.000483 e. The Balaban J connectivity index is 5.34. The fourth-order valence-electron chi connectivity index (χ4n) is 2.45. The van der Waals surface area contributed by atoms with Crippen molar-refractivity contribution in [1.29, 1.82) is 0 Å². The summed E-state index contributed by atoms with van der Waals surface area (Å²) in [7, 11) is 2.04. The van der Waals surface area contributed by atoms with E-state index in [-0.39, 0.29) is 16.2 Å². The molecule has 0 rings (SSSR count). The quantitative estimate of drug-likeness (QED) is 0.754. The van der Waals surface area contributed by atoms with Crippen LogP contribution in [-0.2, 0) is 0 Å². The lowest BCUT2D eigenvalue weighted by Gasteiger charge is -2.58. The molecule has 0 aliphatic rings. The van der Waals surface area contributed by atoms with Gasteiger partial charge in [-0.3, -0.25) is 0 Å². The molecule has 98 valence electrons. The second-order valence-corrected chi connectivity index (χ2v) is 7.91. The molecular formula is C15H33N. The Morgan fingerprint density at radius 3 is 1.31 bits per heavy atom. The summed E-state index contributed by atoms with van der Waals surface area (Å²) in [6.45, 7) is 22.5. The number of rotatable bonds is 4. The zero-order chi connectivity index (χ0) is 13.4. The van der Waals surface area contributed by atoms with Crippen molar-refractivity contribution in [1.82, 2.24) is 5.32 Å². The molecule has 0 aromatic heterocycles. The van der Waals surface area contributed by atoms with E-state index in [1.807, 2.05) is 7.05 Å². The zero-order valence-electron chi connectivity index (χ0n) is 13.2. The summed E-state index contributed by atoms with van der Waals surface area (Å²) < 4.78 is 0. The van der Waals surface area contributed by atoms with Gasteiger partial charge >= 0.3 is 0 Å². The summed E-state index contributed by atoms with van der Waals surface area (Å²) in [5, 5.41) is 3.34. The molecule has 0 fully saturated rings. The molecular weight excluding hydrogens is 194 g/mol. The minimum atomic E-state index is 0.265. The topological polar surface area (TPSA) is 12.0 Å². The molecule has 0 aromatic rings. The van der Waals surface area contributed by atoms with Crippen molar-refractivity contribution in [3.63, 3.8) is 0 Å². The molecule has 0 saturated heterocycles. The van der Waals surface area contributed by atoms with Crippen LogP contribution in [0.1, 0.15) is 62.3 Å². The summed E-state index contributed by atoms with van der Waals surface area (Å²) in [5.41, 5.74) is 1.13. The fourth-order valence-corrected chi connectivity index (χ4v) is 2.45. The van der Waals surface area contributed by atoms with Crippen LogP contribution in [0, 0.1) is 21.7 Å². The average molecular weight is 227 g/mol. The summed E-state index contributed by atoms with van der Waals surface area (Å²) in [6, 6.07) is 0. The van der Waals surface area contributed by atoms with Crippen LogP contribution in [-0.4, -0.2) is 13.6 Å². The van der Waals surface area contributed by atoms with Crippen LogP contribution in [0.4, 0.5) is 0 Å². The van der Waals surface area contributed by atoms with Gasteiger partial charge in [-0.15, -0.1) is 0 Å². The molecule has 0 radical (unpaired) electrons. The Bertz CT molecular complexity index is 228. The first-order valence-corrected chi connectivity index (χ1v) is 6.46. The molecule has 0 aromatic carbocycles. The van der Waals surface area contributed by atoms with Crippen LogP contribution >= 0.6 is 0 Å². The van der Waals surface area contributed by atoms with E-state index >= 15 is 0 Å². The highest BCUT2D eigenvalue weighted by Gasteiger charge is 2.52. The molecule has 1 heteroatoms. The maximum atomic E-state index is 3.34. The van der Waals surface area contributed by atoms with Gasteiger partial charge in [-0.1, -0.05) is 62.3 Å². The third kappa shape index (κ3) is 2.45. The molecule has 0 spiro atoms. The van der Waals surface area contributed by atoms with Crippen molar-refractivity contribution in [2.75, 3.05) is 13.6 Å². The zero-order valence-corrected chi connectivity index (χ0v) is 13.2. The van der Waals surface area contributed by atoms with Gasteiger partial charge in [-0.05, 0) is 28.7 Å². The third-order valence-corrected chi connectivity index (χ3v) is 5.75. The van der Waals surface area contributed by atoms with E-state index in [9.17, 15) is 0 Å². The first-order chi connectivity index (χ1) is 6.81. The predicted molar refractivity (Wildman–Crippen MR) is 74.7 cm³/mol. The standard InChI is InChI=1S/C15H33N/c1-12(2,3)14(6,7)15(8,9)13(4,5)11-16-10/h16H,11H2,1-10H3. The lowest BCUT2D eigenvalue weighted by atomic mass is 9.47. The summed E-state index contributed by atoms with van der Waals surface area (Å²) in [5.74, 6) is 0. The molecule has 0 unspecified atom stereocenters. The number of hydrogen-bond acceptors (Lipinski definition) is 1. The van der Waals surface area contributed by atoms with Crippen LogP contribution in [0.3, 0.4) is 0 Å². The van der Waals surface area contributed by atoms with Crippen LogP contribution < -0.4 is 5.32 Å². The molecule has 1 N–H and O–H groups in total. The second kappa shape index (κ2) is 4.33. The third-order valence-electron chi connectivity index (χ3n) is 5.75. The molecule has 16 heavy (non-hydrogen) atoms. The van der Waals surface area contributed by atoms with Gasteiger partial charge < -0.3 is 5.32 Å². The summed E-state index contributed by atoms with van der Waals surface area (Å²) in [6.07, 6.45) is 0.